The lowest BCUT2D eigenvalue weighted by Gasteiger charge is -2.06. The zero-order valence-electron chi connectivity index (χ0n) is 12.1. The van der Waals surface area contributed by atoms with E-state index in [4.69, 9.17) is 5.73 Å². The van der Waals surface area contributed by atoms with E-state index in [1.165, 1.54) is 17.3 Å². The van der Waals surface area contributed by atoms with E-state index in [-0.39, 0.29) is 5.75 Å². The van der Waals surface area contributed by atoms with Gasteiger partial charge in [-0.05, 0) is 30.0 Å². The fourth-order valence-electron chi connectivity index (χ4n) is 1.67. The summed E-state index contributed by atoms with van der Waals surface area (Å²) in [6, 6.07) is 7.90. The molecule has 0 aromatic heterocycles. The maximum absolute atomic E-state index is 11.4. The Balaban J connectivity index is 2.39. The number of hydrogen-bond donors (Lipinski definition) is 1. The highest BCUT2D eigenvalue weighted by molar-refractivity contribution is 8.00. The normalized spacial score (nSPS) is 10.4. The topological polar surface area (TPSA) is 86.5 Å². The molecule has 0 saturated heterocycles. The Morgan fingerprint density at radius 1 is 1.14 bits per heavy atom. The number of thioether (sulfide) groups is 1. The van der Waals surface area contributed by atoms with Gasteiger partial charge >= 0.3 is 11.9 Å². The molecule has 1 aromatic carbocycles. The lowest BCUT2D eigenvalue weighted by atomic mass is 10.0. The van der Waals surface area contributed by atoms with Gasteiger partial charge in [0.2, 0.25) is 5.91 Å². The highest BCUT2D eigenvalue weighted by atomic mass is 32.2. The van der Waals surface area contributed by atoms with Crippen LogP contribution in [0.3, 0.4) is 0 Å². The van der Waals surface area contributed by atoms with Crippen LogP contribution >= 0.6 is 11.8 Å². The average molecular weight is 309 g/mol. The molecule has 1 aromatic rings. The van der Waals surface area contributed by atoms with E-state index in [1.54, 1.807) is 0 Å². The van der Waals surface area contributed by atoms with Gasteiger partial charge in [-0.3, -0.25) is 14.4 Å². The molecule has 0 bridgehead atoms. The molecule has 2 N–H and O–H groups in total. The largest absolute Gasteiger partial charge is 0.392 e. The summed E-state index contributed by atoms with van der Waals surface area (Å²) in [5, 5.41) is 0. The summed E-state index contributed by atoms with van der Waals surface area (Å²) < 4.78 is 4.46. The zero-order valence-corrected chi connectivity index (χ0v) is 12.9. The number of carbonyl (C=O) groups is 3. The van der Waals surface area contributed by atoms with E-state index in [9.17, 15) is 14.4 Å². The second kappa shape index (κ2) is 8.46. The van der Waals surface area contributed by atoms with Gasteiger partial charge in [0.25, 0.3) is 0 Å². The third-order valence-corrected chi connectivity index (χ3v) is 3.46. The maximum Gasteiger partial charge on any atom is 0.323 e. The van der Waals surface area contributed by atoms with E-state index >= 15 is 0 Å². The SMILES string of the molecule is CC(C)Cc1ccc(SCC(=O)OC(=O)CC(N)=O)cc1. The third-order valence-electron chi connectivity index (χ3n) is 2.47. The lowest BCUT2D eigenvalue weighted by Crippen LogP contribution is -2.21. The van der Waals surface area contributed by atoms with E-state index < -0.39 is 24.3 Å². The van der Waals surface area contributed by atoms with Crippen LogP contribution in [-0.4, -0.2) is 23.6 Å². The molecule has 0 aliphatic carbocycles. The van der Waals surface area contributed by atoms with Crippen LogP contribution < -0.4 is 5.73 Å². The molecule has 21 heavy (non-hydrogen) atoms. The highest BCUT2D eigenvalue weighted by Gasteiger charge is 2.13. The van der Waals surface area contributed by atoms with Crippen molar-refractivity contribution in [1.29, 1.82) is 0 Å². The minimum absolute atomic E-state index is 0.00797. The molecule has 0 saturated carbocycles. The number of hydrogen-bond acceptors (Lipinski definition) is 5. The number of primary amides is 1. The third kappa shape index (κ3) is 7.51. The van der Waals surface area contributed by atoms with E-state index in [0.717, 1.165) is 11.3 Å². The number of benzene rings is 1. The van der Waals surface area contributed by atoms with Crippen LogP contribution in [-0.2, 0) is 25.5 Å². The second-order valence-corrected chi connectivity index (χ2v) is 6.07. The van der Waals surface area contributed by atoms with Crippen LogP contribution in [0.4, 0.5) is 0 Å². The molecule has 0 atom stereocenters. The van der Waals surface area contributed by atoms with Gasteiger partial charge in [-0.2, -0.15) is 0 Å². The van der Waals surface area contributed by atoms with Crippen molar-refractivity contribution < 1.29 is 19.1 Å². The summed E-state index contributed by atoms with van der Waals surface area (Å²) in [7, 11) is 0. The van der Waals surface area contributed by atoms with Crippen molar-refractivity contribution in [3.8, 4) is 0 Å². The first kappa shape index (κ1) is 17.2. The predicted octanol–water partition coefficient (Wildman–Crippen LogP) is 1.92. The molecule has 0 radical (unpaired) electrons. The summed E-state index contributed by atoms with van der Waals surface area (Å²) in [5.41, 5.74) is 6.07. The van der Waals surface area contributed by atoms with E-state index in [1.807, 2.05) is 24.3 Å². The Morgan fingerprint density at radius 2 is 1.76 bits per heavy atom. The zero-order chi connectivity index (χ0) is 15.8. The van der Waals surface area contributed by atoms with Crippen molar-refractivity contribution in [1.82, 2.24) is 0 Å². The van der Waals surface area contributed by atoms with E-state index in [2.05, 4.69) is 18.6 Å². The fraction of sp³-hybridized carbons (Fsp3) is 0.400. The van der Waals surface area contributed by atoms with Crippen molar-refractivity contribution in [3.63, 3.8) is 0 Å². The average Bonchev–Trinajstić information content (AvgIpc) is 2.36. The van der Waals surface area contributed by atoms with Crippen LogP contribution in [0.25, 0.3) is 0 Å². The lowest BCUT2D eigenvalue weighted by molar-refractivity contribution is -0.158. The Bertz CT molecular complexity index is 511. The first-order chi connectivity index (χ1) is 9.86. The summed E-state index contributed by atoms with van der Waals surface area (Å²) in [5.74, 6) is -1.82. The first-order valence-electron chi connectivity index (χ1n) is 6.60. The molecule has 0 fully saturated rings. The van der Waals surface area contributed by atoms with Crippen LogP contribution in [0.5, 0.6) is 0 Å². The summed E-state index contributed by atoms with van der Waals surface area (Å²) >= 11 is 1.27. The van der Waals surface area contributed by atoms with Gasteiger partial charge in [-0.15, -0.1) is 11.8 Å². The van der Waals surface area contributed by atoms with Crippen molar-refractivity contribution >= 4 is 29.6 Å². The summed E-state index contributed by atoms with van der Waals surface area (Å²) in [4.78, 5) is 33.9. The summed E-state index contributed by atoms with van der Waals surface area (Å²) in [6.45, 7) is 4.31. The molecule has 1 rings (SSSR count). The molecule has 6 heteroatoms. The van der Waals surface area contributed by atoms with Crippen molar-refractivity contribution in [2.75, 3.05) is 5.75 Å². The van der Waals surface area contributed by atoms with Crippen molar-refractivity contribution in [3.05, 3.63) is 29.8 Å². The molecule has 0 aliphatic rings. The molecule has 0 aliphatic heterocycles. The first-order valence-corrected chi connectivity index (χ1v) is 7.59. The molecule has 0 spiro atoms. The monoisotopic (exact) mass is 309 g/mol. The van der Waals surface area contributed by atoms with Gasteiger partial charge in [-0.1, -0.05) is 26.0 Å². The van der Waals surface area contributed by atoms with Gasteiger partial charge in [0, 0.05) is 4.90 Å². The van der Waals surface area contributed by atoms with Gasteiger partial charge in [0.1, 0.15) is 6.42 Å². The Hall–Kier alpha value is -1.82. The minimum Gasteiger partial charge on any atom is -0.392 e. The number of ether oxygens (including phenoxy) is 1. The van der Waals surface area contributed by atoms with Crippen LogP contribution in [0.1, 0.15) is 25.8 Å². The quantitative estimate of drug-likeness (QED) is 0.472. The Labute approximate surface area is 128 Å². The second-order valence-electron chi connectivity index (χ2n) is 5.02. The smallest absolute Gasteiger partial charge is 0.323 e. The molecule has 0 unspecified atom stereocenters. The standard InChI is InChI=1S/C15H19NO4S/c1-10(2)7-11-3-5-12(6-4-11)21-9-15(19)20-14(18)8-13(16)17/h3-6,10H,7-9H2,1-2H3,(H2,16,17). The predicted molar refractivity (Wildman–Crippen MR) is 80.6 cm³/mol. The van der Waals surface area contributed by atoms with Gasteiger partial charge in [-0.25, -0.2) is 0 Å². The van der Waals surface area contributed by atoms with Crippen LogP contribution in [0.15, 0.2) is 29.2 Å². The maximum atomic E-state index is 11.4. The van der Waals surface area contributed by atoms with Gasteiger partial charge in [0.15, 0.2) is 0 Å². The number of nitrogens with two attached hydrogens (primary N) is 1. The van der Waals surface area contributed by atoms with Gasteiger partial charge < -0.3 is 10.5 Å². The molecule has 114 valence electrons. The molecule has 5 nitrogen and oxygen atoms in total. The van der Waals surface area contributed by atoms with Crippen LogP contribution in [0, 0.1) is 5.92 Å². The Morgan fingerprint density at radius 3 is 2.29 bits per heavy atom. The number of rotatable bonds is 7. The minimum atomic E-state index is -0.916. The van der Waals surface area contributed by atoms with Crippen LogP contribution in [0.2, 0.25) is 0 Å². The molecular weight excluding hydrogens is 290 g/mol. The fourth-order valence-corrected chi connectivity index (χ4v) is 2.34. The summed E-state index contributed by atoms with van der Waals surface area (Å²) in [6.07, 6.45) is 0.426. The number of carbonyl (C=O) groups excluding carboxylic acids is 3. The van der Waals surface area contributed by atoms with E-state index in [0.29, 0.717) is 5.92 Å². The molecule has 0 heterocycles. The van der Waals surface area contributed by atoms with Crippen molar-refractivity contribution in [2.45, 2.75) is 31.6 Å². The number of amides is 1. The van der Waals surface area contributed by atoms with Crippen molar-refractivity contribution in [2.24, 2.45) is 11.7 Å². The number of esters is 2. The molecule has 1 amide bonds. The van der Waals surface area contributed by atoms with Gasteiger partial charge in [0.05, 0.1) is 5.75 Å². The molecular formula is C15H19NO4S. The highest BCUT2D eigenvalue weighted by Crippen LogP contribution is 2.19. The Kier molecular flexibility index (Phi) is 6.94.